The molecule has 0 aromatic heterocycles. The molecule has 0 spiro atoms. The van der Waals surface area contributed by atoms with Gasteiger partial charge in [-0.05, 0) is 30.1 Å². The number of aliphatic carboxylic acids is 1. The highest BCUT2D eigenvalue weighted by molar-refractivity contribution is 7.80. The monoisotopic (exact) mass is 715 g/mol. The van der Waals surface area contributed by atoms with Crippen molar-refractivity contribution in [3.05, 3.63) is 0 Å². The van der Waals surface area contributed by atoms with Crippen LogP contribution in [0.4, 0.5) is 0 Å². The van der Waals surface area contributed by atoms with E-state index in [-0.39, 0.29) is 24.0 Å². The number of carbonyl (C=O) groups is 8. The molecule has 9 N–H and O–H groups in total. The van der Waals surface area contributed by atoms with Crippen LogP contribution in [0, 0.1) is 23.7 Å². The molecule has 0 unspecified atom stereocenters. The Hall–Kier alpha value is -3.89. The summed E-state index contributed by atoms with van der Waals surface area (Å²) in [7, 11) is 0. The predicted octanol–water partition coefficient (Wildman–Crippen LogP) is -0.401. The summed E-state index contributed by atoms with van der Waals surface area (Å²) >= 11 is 3.95. The number of hydrogen-bond acceptors (Lipinski definition) is 9. The molecule has 0 radical (unpaired) electrons. The first kappa shape index (κ1) is 45.1. The molecule has 16 nitrogen and oxygen atoms in total. The summed E-state index contributed by atoms with van der Waals surface area (Å²) < 4.78 is 0. The molecule has 0 aliphatic rings. The van der Waals surface area contributed by atoms with E-state index in [1.807, 2.05) is 6.92 Å². The van der Waals surface area contributed by atoms with E-state index in [2.05, 4.69) is 44.5 Å². The summed E-state index contributed by atoms with van der Waals surface area (Å²) in [6.45, 7) is 15.5. The third kappa shape index (κ3) is 15.9. The van der Waals surface area contributed by atoms with Gasteiger partial charge in [-0.15, -0.1) is 0 Å². The number of nitrogens with two attached hydrogens (primary N) is 1. The highest BCUT2D eigenvalue weighted by Crippen LogP contribution is 2.14. The predicted molar refractivity (Wildman–Crippen MR) is 186 cm³/mol. The zero-order valence-corrected chi connectivity index (χ0v) is 30.9. The van der Waals surface area contributed by atoms with Crippen molar-refractivity contribution in [2.75, 3.05) is 5.75 Å². The number of amides is 7. The number of thiol groups is 1. The number of carboxylic acid groups (broad SMARTS) is 1. The van der Waals surface area contributed by atoms with Gasteiger partial charge < -0.3 is 42.7 Å². The molecule has 0 saturated carbocycles. The van der Waals surface area contributed by atoms with Crippen molar-refractivity contribution in [3.8, 4) is 0 Å². The lowest BCUT2D eigenvalue weighted by atomic mass is 9.94. The van der Waals surface area contributed by atoms with Crippen LogP contribution in [0.1, 0.15) is 88.0 Å². The Kier molecular flexibility index (Phi) is 20.2. The first-order chi connectivity index (χ1) is 22.7. The van der Waals surface area contributed by atoms with E-state index in [1.54, 1.807) is 48.5 Å². The molecule has 0 aromatic carbocycles. The van der Waals surface area contributed by atoms with Crippen LogP contribution >= 0.6 is 12.6 Å². The number of carbonyl (C=O) groups excluding carboxylic acids is 7. The number of carboxylic acids is 1. The maximum atomic E-state index is 13.7. The molecule has 0 rings (SSSR count). The summed E-state index contributed by atoms with van der Waals surface area (Å²) in [6, 6.07) is -7.18. The van der Waals surface area contributed by atoms with Gasteiger partial charge in [0.15, 0.2) is 0 Å². The van der Waals surface area contributed by atoms with E-state index in [0.717, 1.165) is 0 Å². The Labute approximate surface area is 294 Å². The Morgan fingerprint density at radius 2 is 1.02 bits per heavy atom. The summed E-state index contributed by atoms with van der Waals surface area (Å²) in [4.78, 5) is 102. The van der Waals surface area contributed by atoms with Crippen molar-refractivity contribution in [2.24, 2.45) is 29.4 Å². The standard InChI is InChI=1S/C32H57N7O9S/c1-10-17(7)25(34-19(9)40)32(48)38-24(16(5)6)30(46)39-26(18(8)11-2)31(47)36-20(12-15(3)4)28(44)35-21(13-23(41)42)29(45)37-22(14-49)27(33)43/h15-18,20-22,24-26,49H,10-14H2,1-9H3,(H2,33,43)(H,34,40)(H,35,44)(H,36,47)(H,37,45)(H,38,48)(H,39,46)(H,41,42)/t17-,18-,20-,21-,22-,24-,25+,26+/m0/s1. The van der Waals surface area contributed by atoms with Crippen LogP contribution in [0.15, 0.2) is 0 Å². The lowest BCUT2D eigenvalue weighted by molar-refractivity contribution is -0.141. The van der Waals surface area contributed by atoms with Gasteiger partial charge in [-0.1, -0.05) is 68.2 Å². The van der Waals surface area contributed by atoms with Crippen LogP contribution in [-0.2, 0) is 38.4 Å². The van der Waals surface area contributed by atoms with Crippen molar-refractivity contribution < 1.29 is 43.5 Å². The maximum Gasteiger partial charge on any atom is 0.305 e. The Bertz CT molecular complexity index is 1180. The normalized spacial score (nSPS) is 16.1. The zero-order valence-electron chi connectivity index (χ0n) is 30.0. The summed E-state index contributed by atoms with van der Waals surface area (Å²) in [5.41, 5.74) is 5.24. The van der Waals surface area contributed by atoms with Crippen molar-refractivity contribution in [2.45, 2.75) is 124 Å². The molecule has 0 aromatic rings. The van der Waals surface area contributed by atoms with E-state index in [9.17, 15) is 43.5 Å². The lowest BCUT2D eigenvalue weighted by Crippen LogP contribution is -2.62. The highest BCUT2D eigenvalue weighted by Gasteiger charge is 2.36. The average Bonchev–Trinajstić information content (AvgIpc) is 3.00. The number of nitrogens with one attached hydrogen (secondary N) is 6. The van der Waals surface area contributed by atoms with E-state index in [1.165, 1.54) is 6.92 Å². The van der Waals surface area contributed by atoms with Gasteiger partial charge in [0.2, 0.25) is 41.4 Å². The molecule has 0 aliphatic heterocycles. The van der Waals surface area contributed by atoms with Gasteiger partial charge in [-0.3, -0.25) is 38.4 Å². The van der Waals surface area contributed by atoms with Crippen LogP contribution in [0.2, 0.25) is 0 Å². The molecule has 0 heterocycles. The van der Waals surface area contributed by atoms with Crippen molar-refractivity contribution >= 4 is 59.9 Å². The zero-order chi connectivity index (χ0) is 38.2. The summed E-state index contributed by atoms with van der Waals surface area (Å²) in [6.07, 6.45) is 0.296. The van der Waals surface area contributed by atoms with E-state index >= 15 is 0 Å². The fourth-order valence-corrected chi connectivity index (χ4v) is 5.01. The van der Waals surface area contributed by atoms with Crippen LogP contribution in [0.25, 0.3) is 0 Å². The van der Waals surface area contributed by atoms with Crippen molar-refractivity contribution in [1.29, 1.82) is 0 Å². The van der Waals surface area contributed by atoms with Gasteiger partial charge >= 0.3 is 5.97 Å². The summed E-state index contributed by atoms with van der Waals surface area (Å²) in [5, 5.41) is 24.7. The number of rotatable bonds is 22. The molecule has 0 aliphatic carbocycles. The van der Waals surface area contributed by atoms with E-state index < -0.39 is 102 Å². The van der Waals surface area contributed by atoms with Crippen molar-refractivity contribution in [1.82, 2.24) is 31.9 Å². The minimum atomic E-state index is -1.62. The van der Waals surface area contributed by atoms with Gasteiger partial charge in [0, 0.05) is 12.7 Å². The maximum absolute atomic E-state index is 13.7. The highest BCUT2D eigenvalue weighted by atomic mass is 32.1. The summed E-state index contributed by atoms with van der Waals surface area (Å²) in [5.74, 6) is -7.85. The molecular formula is C32H57N7O9S. The molecule has 17 heteroatoms. The molecule has 0 saturated heterocycles. The Balaban J connectivity index is 6.21. The van der Waals surface area contributed by atoms with E-state index in [4.69, 9.17) is 5.73 Å². The van der Waals surface area contributed by atoms with Gasteiger partial charge in [0.25, 0.3) is 0 Å². The van der Waals surface area contributed by atoms with Crippen LogP contribution in [0.5, 0.6) is 0 Å². The molecule has 0 bridgehead atoms. The van der Waals surface area contributed by atoms with Gasteiger partial charge in [0.05, 0.1) is 6.42 Å². The van der Waals surface area contributed by atoms with Gasteiger partial charge in [-0.25, -0.2) is 0 Å². The largest absolute Gasteiger partial charge is 0.481 e. The first-order valence-corrected chi connectivity index (χ1v) is 17.2. The molecule has 49 heavy (non-hydrogen) atoms. The number of hydrogen-bond donors (Lipinski definition) is 9. The minimum Gasteiger partial charge on any atom is -0.481 e. The molecule has 8 atom stereocenters. The first-order valence-electron chi connectivity index (χ1n) is 16.6. The molecule has 7 amide bonds. The van der Waals surface area contributed by atoms with Crippen molar-refractivity contribution in [3.63, 3.8) is 0 Å². The topological polar surface area (TPSA) is 255 Å². The molecule has 280 valence electrons. The Morgan fingerprint density at radius 1 is 0.612 bits per heavy atom. The third-order valence-electron chi connectivity index (χ3n) is 8.09. The second kappa shape index (κ2) is 22.0. The van der Waals surface area contributed by atoms with E-state index in [0.29, 0.717) is 12.8 Å². The van der Waals surface area contributed by atoms with Gasteiger partial charge in [0.1, 0.15) is 36.3 Å². The van der Waals surface area contributed by atoms with Crippen LogP contribution in [-0.4, -0.2) is 94.4 Å². The fourth-order valence-electron chi connectivity index (χ4n) is 4.74. The van der Waals surface area contributed by atoms with Gasteiger partial charge in [-0.2, -0.15) is 12.6 Å². The molecule has 0 fully saturated rings. The molecular weight excluding hydrogens is 658 g/mol. The minimum absolute atomic E-state index is 0.0888. The fraction of sp³-hybridized carbons (Fsp3) is 0.750. The lowest BCUT2D eigenvalue weighted by Gasteiger charge is -2.31. The average molecular weight is 716 g/mol. The second-order valence-corrected chi connectivity index (χ2v) is 13.5. The van der Waals surface area contributed by atoms with Crippen LogP contribution < -0.4 is 37.6 Å². The number of primary amides is 1. The quantitative estimate of drug-likeness (QED) is 0.0660. The third-order valence-corrected chi connectivity index (χ3v) is 8.45. The van der Waals surface area contributed by atoms with Crippen LogP contribution in [0.3, 0.4) is 0 Å². The second-order valence-electron chi connectivity index (χ2n) is 13.2. The Morgan fingerprint density at radius 3 is 1.43 bits per heavy atom. The smallest absolute Gasteiger partial charge is 0.305 e. The SMILES string of the molecule is CC[C@H](C)[C@@H](NC(C)=O)C(=O)N[C@H](C(=O)N[C@@H](C(=O)N[C@@H](CC(C)C)C(=O)N[C@@H](CC(=O)O)C(=O)N[C@@H](CS)C(N)=O)[C@@H](C)CC)C(C)C.